The molecule has 0 spiro atoms. The lowest BCUT2D eigenvalue weighted by Crippen LogP contribution is -2.23. The molecule has 148 valence electrons. The van der Waals surface area contributed by atoms with Gasteiger partial charge in [-0.1, -0.05) is 24.2 Å². The molecule has 1 heterocycles. The number of rotatable bonds is 7. The lowest BCUT2D eigenvalue weighted by molar-refractivity contribution is 0.376. The van der Waals surface area contributed by atoms with Crippen molar-refractivity contribution in [2.24, 2.45) is 10.7 Å². The first-order valence-electron chi connectivity index (χ1n) is 8.88. The fourth-order valence-corrected chi connectivity index (χ4v) is 2.56. The minimum atomic E-state index is -0.298. The topological polar surface area (TPSA) is 89.3 Å². The van der Waals surface area contributed by atoms with Gasteiger partial charge in [0.25, 0.3) is 0 Å². The summed E-state index contributed by atoms with van der Waals surface area (Å²) in [6.07, 6.45) is 2.29. The Balaban J connectivity index is 0.00000280. The molecule has 3 aromatic rings. The second kappa shape index (κ2) is 10.7. The number of halogens is 2. The van der Waals surface area contributed by atoms with Crippen LogP contribution in [0.5, 0.6) is 0 Å². The van der Waals surface area contributed by atoms with Gasteiger partial charge in [0.05, 0.1) is 0 Å². The van der Waals surface area contributed by atoms with Crippen LogP contribution in [0.2, 0.25) is 0 Å². The second-order valence-corrected chi connectivity index (χ2v) is 6.07. The minimum absolute atomic E-state index is 0. The number of hydrogen-bond donors (Lipinski definition) is 2. The van der Waals surface area contributed by atoms with Crippen LogP contribution < -0.4 is 11.1 Å². The van der Waals surface area contributed by atoms with Crippen molar-refractivity contribution in [1.29, 1.82) is 0 Å². The summed E-state index contributed by atoms with van der Waals surface area (Å²) in [6, 6.07) is 14.0. The molecule has 6 nitrogen and oxygen atoms in total. The van der Waals surface area contributed by atoms with Crippen molar-refractivity contribution in [3.63, 3.8) is 0 Å². The van der Waals surface area contributed by atoms with Crippen LogP contribution in [0, 0.1) is 5.82 Å². The van der Waals surface area contributed by atoms with Gasteiger partial charge in [-0.2, -0.15) is 4.98 Å². The highest BCUT2D eigenvalue weighted by Gasteiger charge is 2.08. The lowest BCUT2D eigenvalue weighted by atomic mass is 10.1. The largest absolute Gasteiger partial charge is 0.370 e. The third kappa shape index (κ3) is 6.29. The number of benzene rings is 2. The number of aromatic nitrogens is 2. The molecule has 0 unspecified atom stereocenters. The summed E-state index contributed by atoms with van der Waals surface area (Å²) in [5.74, 6) is 1.05. The number of nitrogens with two attached hydrogens (primary N) is 1. The zero-order valence-corrected chi connectivity index (χ0v) is 17.9. The van der Waals surface area contributed by atoms with E-state index in [0.29, 0.717) is 36.2 Å². The second-order valence-electron chi connectivity index (χ2n) is 6.07. The van der Waals surface area contributed by atoms with E-state index >= 15 is 0 Å². The molecule has 2 aromatic carbocycles. The summed E-state index contributed by atoms with van der Waals surface area (Å²) in [4.78, 5) is 8.63. The van der Waals surface area contributed by atoms with Gasteiger partial charge in [-0.3, -0.25) is 4.99 Å². The molecule has 0 saturated carbocycles. The summed E-state index contributed by atoms with van der Waals surface area (Å²) in [5.41, 5.74) is 8.81. The number of aryl methyl sites for hydroxylation is 2. The van der Waals surface area contributed by atoms with E-state index in [0.717, 1.165) is 18.5 Å². The summed E-state index contributed by atoms with van der Waals surface area (Å²) >= 11 is 0. The first-order valence-corrected chi connectivity index (χ1v) is 8.88. The van der Waals surface area contributed by atoms with Crippen LogP contribution in [0.1, 0.15) is 24.8 Å². The molecule has 0 aliphatic carbocycles. The Morgan fingerprint density at radius 1 is 1.21 bits per heavy atom. The highest BCUT2D eigenvalue weighted by atomic mass is 127. The van der Waals surface area contributed by atoms with Crippen LogP contribution in [0.15, 0.2) is 58.0 Å². The Kier molecular flexibility index (Phi) is 8.37. The normalized spacial score (nSPS) is 11.1. The summed E-state index contributed by atoms with van der Waals surface area (Å²) in [5, 5.41) is 7.01. The molecule has 0 fully saturated rings. The maximum absolute atomic E-state index is 13.0. The van der Waals surface area contributed by atoms with Crippen LogP contribution in [0.3, 0.4) is 0 Å². The smallest absolute Gasteiger partial charge is 0.227 e. The zero-order chi connectivity index (χ0) is 19.1. The highest BCUT2D eigenvalue weighted by molar-refractivity contribution is 14.0. The standard InChI is InChI=1S/C20H22FN5O.HI/c1-2-14-5-3-6-17(13-14)24-20(22)23-12-4-7-18-25-19(26-27-18)15-8-10-16(21)11-9-15;/h3,5-6,8-11,13H,2,4,7,12H2,1H3,(H3,22,23,24);1H. The Hall–Kier alpha value is -2.49. The van der Waals surface area contributed by atoms with Gasteiger partial charge in [0.1, 0.15) is 5.82 Å². The maximum atomic E-state index is 13.0. The van der Waals surface area contributed by atoms with Crippen molar-refractivity contribution in [2.45, 2.75) is 26.2 Å². The summed E-state index contributed by atoms with van der Waals surface area (Å²) in [7, 11) is 0. The van der Waals surface area contributed by atoms with E-state index in [1.54, 1.807) is 12.1 Å². The van der Waals surface area contributed by atoms with Gasteiger partial charge in [-0.05, 0) is 54.8 Å². The van der Waals surface area contributed by atoms with Crippen LogP contribution >= 0.6 is 24.0 Å². The summed E-state index contributed by atoms with van der Waals surface area (Å²) in [6.45, 7) is 2.65. The molecule has 0 radical (unpaired) electrons. The van der Waals surface area contributed by atoms with Crippen LogP contribution in [0.4, 0.5) is 10.1 Å². The molecule has 0 atom stereocenters. The van der Waals surface area contributed by atoms with E-state index in [-0.39, 0.29) is 29.8 Å². The molecule has 0 aliphatic heterocycles. The highest BCUT2D eigenvalue weighted by Crippen LogP contribution is 2.16. The van der Waals surface area contributed by atoms with Crippen LogP contribution in [-0.4, -0.2) is 22.6 Å². The van der Waals surface area contributed by atoms with E-state index in [4.69, 9.17) is 10.3 Å². The molecule has 0 saturated heterocycles. The zero-order valence-electron chi connectivity index (χ0n) is 15.6. The third-order valence-electron chi connectivity index (χ3n) is 4.01. The Morgan fingerprint density at radius 3 is 2.75 bits per heavy atom. The predicted octanol–water partition coefficient (Wildman–Crippen LogP) is 4.42. The predicted molar refractivity (Wildman–Crippen MR) is 119 cm³/mol. The number of hydrogen-bond acceptors (Lipinski definition) is 4. The van der Waals surface area contributed by atoms with E-state index in [2.05, 4.69) is 39.5 Å². The van der Waals surface area contributed by atoms with Gasteiger partial charge >= 0.3 is 0 Å². The first-order chi connectivity index (χ1) is 13.1. The van der Waals surface area contributed by atoms with E-state index in [9.17, 15) is 4.39 Å². The Bertz CT molecular complexity index is 911. The van der Waals surface area contributed by atoms with Gasteiger partial charge in [-0.25, -0.2) is 4.39 Å². The average molecular weight is 495 g/mol. The summed E-state index contributed by atoms with van der Waals surface area (Å²) < 4.78 is 18.2. The number of anilines is 1. The quantitative estimate of drug-likeness (QED) is 0.219. The molecule has 0 bridgehead atoms. The first kappa shape index (κ1) is 21.8. The van der Waals surface area contributed by atoms with Crippen molar-refractivity contribution in [3.8, 4) is 11.4 Å². The van der Waals surface area contributed by atoms with Crippen molar-refractivity contribution in [3.05, 3.63) is 65.8 Å². The molecular formula is C20H23FIN5O. The fourth-order valence-electron chi connectivity index (χ4n) is 2.56. The minimum Gasteiger partial charge on any atom is -0.370 e. The number of guanidine groups is 1. The third-order valence-corrected chi connectivity index (χ3v) is 4.01. The maximum Gasteiger partial charge on any atom is 0.227 e. The van der Waals surface area contributed by atoms with Crippen molar-refractivity contribution >= 4 is 35.6 Å². The van der Waals surface area contributed by atoms with Crippen molar-refractivity contribution < 1.29 is 8.91 Å². The van der Waals surface area contributed by atoms with Gasteiger partial charge in [0.2, 0.25) is 11.7 Å². The van der Waals surface area contributed by atoms with Gasteiger partial charge in [0, 0.05) is 24.2 Å². The SMILES string of the molecule is CCc1cccc(NC(N)=NCCCc2nc(-c3ccc(F)cc3)no2)c1.I. The van der Waals surface area contributed by atoms with Crippen LogP contribution in [-0.2, 0) is 12.8 Å². The molecule has 0 aliphatic rings. The Morgan fingerprint density at radius 2 is 2.00 bits per heavy atom. The molecule has 1 aromatic heterocycles. The van der Waals surface area contributed by atoms with Crippen molar-refractivity contribution in [1.82, 2.24) is 10.1 Å². The van der Waals surface area contributed by atoms with Gasteiger partial charge in [-0.15, -0.1) is 24.0 Å². The van der Waals surface area contributed by atoms with Gasteiger partial charge in [0.15, 0.2) is 5.96 Å². The van der Waals surface area contributed by atoms with Gasteiger partial charge < -0.3 is 15.6 Å². The number of nitrogens with zero attached hydrogens (tertiary/aromatic N) is 3. The molecule has 0 amide bonds. The van der Waals surface area contributed by atoms with E-state index < -0.39 is 0 Å². The average Bonchev–Trinajstić information content (AvgIpc) is 3.15. The monoisotopic (exact) mass is 495 g/mol. The molecule has 8 heteroatoms. The van der Waals surface area contributed by atoms with E-state index in [1.807, 2.05) is 12.1 Å². The number of aliphatic imine (C=N–C) groups is 1. The molecular weight excluding hydrogens is 472 g/mol. The number of nitrogens with one attached hydrogen (secondary N) is 1. The molecule has 3 N–H and O–H groups in total. The Labute approximate surface area is 180 Å². The molecule has 28 heavy (non-hydrogen) atoms. The fraction of sp³-hybridized carbons (Fsp3) is 0.250. The molecule has 3 rings (SSSR count). The lowest BCUT2D eigenvalue weighted by Gasteiger charge is -2.06. The van der Waals surface area contributed by atoms with Crippen LogP contribution in [0.25, 0.3) is 11.4 Å². The van der Waals surface area contributed by atoms with Crippen molar-refractivity contribution in [2.75, 3.05) is 11.9 Å². The van der Waals surface area contributed by atoms with E-state index in [1.165, 1.54) is 17.7 Å².